The van der Waals surface area contributed by atoms with Gasteiger partial charge >= 0.3 is 0 Å². The average molecular weight is 697 g/mol. The zero-order chi connectivity index (χ0) is 37.9. The lowest BCUT2D eigenvalue weighted by Gasteiger charge is -2.32. The quantitative estimate of drug-likeness (QED) is 0.127. The second-order valence-electron chi connectivity index (χ2n) is 20.0. The van der Waals surface area contributed by atoms with Gasteiger partial charge in [0.15, 0.2) is 11.5 Å². The van der Waals surface area contributed by atoms with Crippen LogP contribution in [0.4, 0.5) is 0 Å². The predicted molar refractivity (Wildman–Crippen MR) is 218 cm³/mol. The highest BCUT2D eigenvalue weighted by molar-refractivity contribution is 5.61. The van der Waals surface area contributed by atoms with Gasteiger partial charge in [0.1, 0.15) is 5.75 Å². The van der Waals surface area contributed by atoms with E-state index in [4.69, 9.17) is 14.8 Å². The normalized spacial score (nSPS) is 14.8. The number of ether oxygens (including phenoxy) is 1. The summed E-state index contributed by atoms with van der Waals surface area (Å²) >= 11 is 0. The van der Waals surface area contributed by atoms with Crippen molar-refractivity contribution in [2.24, 2.45) is 34.5 Å². The van der Waals surface area contributed by atoms with Gasteiger partial charge in [0.25, 0.3) is 0 Å². The van der Waals surface area contributed by atoms with Crippen LogP contribution in [0.2, 0.25) is 0 Å². The second-order valence-corrected chi connectivity index (χ2v) is 20.0. The van der Waals surface area contributed by atoms with Crippen LogP contribution in [-0.2, 0) is 11.8 Å². The molecule has 51 heavy (non-hydrogen) atoms. The van der Waals surface area contributed by atoms with E-state index in [0.717, 1.165) is 47.9 Å². The molecule has 0 fully saturated rings. The minimum atomic E-state index is 0.0710. The lowest BCUT2D eigenvalue weighted by atomic mass is 9.76. The molecule has 2 aromatic carbocycles. The molecule has 0 aliphatic heterocycles. The van der Waals surface area contributed by atoms with Crippen LogP contribution >= 0.6 is 0 Å². The number of hydrogen-bond acceptors (Lipinski definition) is 3. The van der Waals surface area contributed by atoms with Crippen LogP contribution in [0.5, 0.6) is 5.75 Å². The number of nitrogens with one attached hydrogen (secondary N) is 1. The number of aryl methyl sites for hydroxylation is 1. The molecule has 0 aliphatic rings. The Hall–Kier alpha value is -3.08. The van der Waals surface area contributed by atoms with Crippen LogP contribution in [0.3, 0.4) is 0 Å². The summed E-state index contributed by atoms with van der Waals surface area (Å²) in [5, 5.41) is 8.21. The Kier molecular flexibility index (Phi) is 13.0. The molecule has 4 aromatic rings. The molecule has 5 heteroatoms. The monoisotopic (exact) mass is 697 g/mol. The first-order valence-electron chi connectivity index (χ1n) is 19.9. The SMILES string of the molecule is Cc1ccc(-c2nc3cc(C(C)C)[nH]n3n2)cc1Cc1cc(C(C)(C)CC(C)C)ccc1OCC(CCC(C)CC(C)(C)C)C(C)CC(C)(C)C. The Morgan fingerprint density at radius 3 is 2.06 bits per heavy atom. The molecule has 3 unspecified atom stereocenters. The zero-order valence-electron chi connectivity index (χ0n) is 35.1. The lowest BCUT2D eigenvalue weighted by molar-refractivity contribution is 0.147. The number of fused-ring (bicyclic) bond motifs is 1. The van der Waals surface area contributed by atoms with Crippen molar-refractivity contribution in [3.05, 3.63) is 70.4 Å². The molecule has 0 amide bonds. The van der Waals surface area contributed by atoms with E-state index in [1.807, 2.05) is 0 Å². The first-order chi connectivity index (χ1) is 23.6. The van der Waals surface area contributed by atoms with Crippen molar-refractivity contribution in [3.63, 3.8) is 0 Å². The summed E-state index contributed by atoms with van der Waals surface area (Å²) in [5.74, 6) is 4.59. The van der Waals surface area contributed by atoms with Crippen molar-refractivity contribution >= 4 is 5.65 Å². The minimum Gasteiger partial charge on any atom is -0.493 e. The van der Waals surface area contributed by atoms with E-state index >= 15 is 0 Å². The number of nitrogens with zero attached hydrogens (tertiary/aromatic N) is 3. The highest BCUT2D eigenvalue weighted by Gasteiger charge is 2.27. The Morgan fingerprint density at radius 2 is 1.45 bits per heavy atom. The molecule has 2 aromatic heterocycles. The van der Waals surface area contributed by atoms with Crippen LogP contribution < -0.4 is 4.74 Å². The van der Waals surface area contributed by atoms with E-state index in [2.05, 4.69) is 151 Å². The molecule has 2 heterocycles. The molecule has 0 bridgehead atoms. The Balaban J connectivity index is 1.66. The van der Waals surface area contributed by atoms with Gasteiger partial charge in [-0.2, -0.15) is 4.63 Å². The molecular weight excluding hydrogens is 625 g/mol. The van der Waals surface area contributed by atoms with Crippen molar-refractivity contribution in [2.45, 2.75) is 154 Å². The maximum Gasteiger partial charge on any atom is 0.183 e. The van der Waals surface area contributed by atoms with E-state index in [9.17, 15) is 0 Å². The van der Waals surface area contributed by atoms with Gasteiger partial charge in [0.2, 0.25) is 0 Å². The Bertz CT molecular complexity index is 1680. The van der Waals surface area contributed by atoms with Crippen LogP contribution in [0.25, 0.3) is 17.0 Å². The van der Waals surface area contributed by atoms with Crippen molar-refractivity contribution in [1.29, 1.82) is 0 Å². The summed E-state index contributed by atoms with van der Waals surface area (Å²) in [4.78, 5) is 4.89. The first kappa shape index (κ1) is 40.7. The van der Waals surface area contributed by atoms with Crippen molar-refractivity contribution < 1.29 is 4.74 Å². The molecule has 3 atom stereocenters. The molecule has 0 aliphatic carbocycles. The summed E-state index contributed by atoms with van der Waals surface area (Å²) in [6.45, 7) is 35.9. The first-order valence-corrected chi connectivity index (χ1v) is 19.9. The van der Waals surface area contributed by atoms with Crippen molar-refractivity contribution in [1.82, 2.24) is 19.8 Å². The van der Waals surface area contributed by atoms with Crippen molar-refractivity contribution in [3.8, 4) is 17.1 Å². The Morgan fingerprint density at radius 1 is 0.765 bits per heavy atom. The third-order valence-electron chi connectivity index (χ3n) is 10.7. The maximum atomic E-state index is 6.97. The van der Waals surface area contributed by atoms with E-state index in [1.165, 1.54) is 47.9 Å². The molecule has 4 rings (SSSR count). The van der Waals surface area contributed by atoms with Crippen LogP contribution in [0.1, 0.15) is 163 Å². The number of aromatic nitrogens is 4. The highest BCUT2D eigenvalue weighted by atomic mass is 16.5. The molecule has 282 valence electrons. The fourth-order valence-corrected chi connectivity index (χ4v) is 8.34. The van der Waals surface area contributed by atoms with Crippen LogP contribution in [0.15, 0.2) is 42.5 Å². The molecule has 0 radical (unpaired) electrons. The van der Waals surface area contributed by atoms with E-state index in [-0.39, 0.29) is 5.41 Å². The van der Waals surface area contributed by atoms with Crippen LogP contribution in [0, 0.1) is 41.4 Å². The van der Waals surface area contributed by atoms with Crippen molar-refractivity contribution in [2.75, 3.05) is 6.61 Å². The van der Waals surface area contributed by atoms with Gasteiger partial charge in [-0.05, 0) is 113 Å². The molecule has 1 N–H and O–H groups in total. The topological polar surface area (TPSA) is 55.2 Å². The van der Waals surface area contributed by atoms with Gasteiger partial charge in [0.05, 0.1) is 6.61 Å². The smallest absolute Gasteiger partial charge is 0.183 e. The van der Waals surface area contributed by atoms with E-state index in [0.29, 0.717) is 40.4 Å². The van der Waals surface area contributed by atoms with E-state index in [1.54, 1.807) is 4.63 Å². The highest BCUT2D eigenvalue weighted by Crippen LogP contribution is 2.37. The predicted octanol–water partition coefficient (Wildman–Crippen LogP) is 13.0. The number of H-pyrrole nitrogens is 1. The molecule has 0 spiro atoms. The fourth-order valence-electron chi connectivity index (χ4n) is 8.34. The lowest BCUT2D eigenvalue weighted by Crippen LogP contribution is -2.25. The van der Waals surface area contributed by atoms with Crippen LogP contribution in [-0.4, -0.2) is 26.4 Å². The average Bonchev–Trinajstić information content (AvgIpc) is 3.56. The minimum absolute atomic E-state index is 0.0710. The third-order valence-corrected chi connectivity index (χ3v) is 10.7. The Labute approximate surface area is 311 Å². The van der Waals surface area contributed by atoms with E-state index < -0.39 is 0 Å². The molecule has 0 saturated heterocycles. The summed E-state index contributed by atoms with van der Waals surface area (Å²) in [6, 6.07) is 15.8. The van der Waals surface area contributed by atoms with Gasteiger partial charge in [0, 0.05) is 23.7 Å². The summed E-state index contributed by atoms with van der Waals surface area (Å²) < 4.78 is 8.77. The largest absolute Gasteiger partial charge is 0.493 e. The zero-order valence-corrected chi connectivity index (χ0v) is 35.1. The van der Waals surface area contributed by atoms with Gasteiger partial charge < -0.3 is 4.74 Å². The number of benzene rings is 2. The number of hydrogen-bond donors (Lipinski definition) is 1. The summed E-state index contributed by atoms with van der Waals surface area (Å²) in [5.41, 5.74) is 8.96. The standard InChI is InChI=1S/C46H72N4O/c1-30(2)26-46(14,15)39-20-21-41(51-29-36(34(7)28-45(11,12)13)18-16-32(5)27-44(8,9)10)38(24-39)23-37-22-35(19-17-33(37)6)43-47-42-25-40(31(3)4)48-50(42)49-43/h17,19-22,24-25,30-32,34,36,48H,16,18,23,26-29H2,1-15H3. The fraction of sp³-hybridized carbons (Fsp3) is 0.652. The van der Waals surface area contributed by atoms with Gasteiger partial charge in [-0.25, -0.2) is 4.98 Å². The van der Waals surface area contributed by atoms with Gasteiger partial charge in [-0.15, -0.1) is 5.10 Å². The molecular formula is C46H72N4O. The molecule has 0 saturated carbocycles. The number of aromatic amines is 1. The maximum absolute atomic E-state index is 6.97. The third kappa shape index (κ3) is 11.7. The van der Waals surface area contributed by atoms with Gasteiger partial charge in [-0.1, -0.05) is 128 Å². The molecule has 5 nitrogen and oxygen atoms in total. The summed E-state index contributed by atoms with van der Waals surface area (Å²) in [6.07, 6.45) is 6.84. The number of rotatable bonds is 16. The summed E-state index contributed by atoms with van der Waals surface area (Å²) in [7, 11) is 0. The van der Waals surface area contributed by atoms with Gasteiger partial charge in [-0.3, -0.25) is 5.10 Å². The second kappa shape index (κ2) is 16.3.